The highest BCUT2D eigenvalue weighted by Gasteiger charge is 2.04. The smallest absolute Gasteiger partial charge is 0.322 e. The molecule has 1 aromatic rings. The van der Waals surface area contributed by atoms with Crippen molar-refractivity contribution in [1.29, 1.82) is 0 Å². The van der Waals surface area contributed by atoms with Gasteiger partial charge in [-0.25, -0.2) is 0 Å². The summed E-state index contributed by atoms with van der Waals surface area (Å²) >= 11 is 1.91. The number of rotatable bonds is 10. The molecule has 0 unspecified atom stereocenters. The molecule has 7 heteroatoms. The third-order valence-electron chi connectivity index (χ3n) is 2.58. The van der Waals surface area contributed by atoms with E-state index >= 15 is 0 Å². The van der Waals surface area contributed by atoms with Crippen molar-refractivity contribution in [3.05, 3.63) is 0 Å². The second kappa shape index (κ2) is 9.66. The number of nitrogens with one attached hydrogen (secondary N) is 2. The Labute approximate surface area is 119 Å². The molecule has 1 aromatic heterocycles. The molecule has 19 heavy (non-hydrogen) atoms. The second-order valence-electron chi connectivity index (χ2n) is 4.05. The number of thioether (sulfide) groups is 1. The Kier molecular flexibility index (Phi) is 8.04. The van der Waals surface area contributed by atoms with Crippen molar-refractivity contribution in [3.8, 4) is 6.01 Å². The Morgan fingerprint density at radius 1 is 1.05 bits per heavy atom. The predicted octanol–water partition coefficient (Wildman–Crippen LogP) is 2.26. The molecule has 0 saturated carbocycles. The molecule has 108 valence electrons. The maximum absolute atomic E-state index is 5.02. The Morgan fingerprint density at radius 2 is 1.79 bits per heavy atom. The fraction of sp³-hybridized carbons (Fsp3) is 0.750. The molecule has 1 heterocycles. The number of nitrogens with zero attached hydrogens (tertiary/aromatic N) is 3. The van der Waals surface area contributed by atoms with Crippen molar-refractivity contribution < 1.29 is 4.74 Å². The van der Waals surface area contributed by atoms with E-state index in [0.717, 1.165) is 13.0 Å². The molecule has 0 spiro atoms. The van der Waals surface area contributed by atoms with E-state index in [0.29, 0.717) is 17.9 Å². The Balaban J connectivity index is 2.28. The first kappa shape index (κ1) is 15.8. The summed E-state index contributed by atoms with van der Waals surface area (Å²) in [6.07, 6.45) is 7.08. The predicted molar refractivity (Wildman–Crippen MR) is 81.3 cm³/mol. The summed E-state index contributed by atoms with van der Waals surface area (Å²) in [5.41, 5.74) is 0. The minimum atomic E-state index is 0.321. The van der Waals surface area contributed by atoms with Crippen LogP contribution in [0.15, 0.2) is 0 Å². The third kappa shape index (κ3) is 6.47. The molecule has 0 fully saturated rings. The van der Waals surface area contributed by atoms with Crippen molar-refractivity contribution in [1.82, 2.24) is 15.0 Å². The lowest BCUT2D eigenvalue weighted by Crippen LogP contribution is -2.09. The highest BCUT2D eigenvalue weighted by Crippen LogP contribution is 2.10. The zero-order valence-electron chi connectivity index (χ0n) is 11.9. The van der Waals surface area contributed by atoms with Gasteiger partial charge in [0.2, 0.25) is 11.9 Å². The molecular weight excluding hydrogens is 262 g/mol. The number of methoxy groups -OCH3 is 1. The Bertz CT molecular complexity index is 342. The van der Waals surface area contributed by atoms with Crippen LogP contribution in [0.2, 0.25) is 0 Å². The molecule has 0 aliphatic rings. The van der Waals surface area contributed by atoms with Gasteiger partial charge in [-0.1, -0.05) is 12.8 Å². The molecule has 0 amide bonds. The summed E-state index contributed by atoms with van der Waals surface area (Å²) in [7, 11) is 3.31. The second-order valence-corrected chi connectivity index (χ2v) is 5.04. The molecule has 0 atom stereocenters. The van der Waals surface area contributed by atoms with Crippen LogP contribution >= 0.6 is 11.8 Å². The largest absolute Gasteiger partial charge is 0.467 e. The summed E-state index contributed by atoms with van der Waals surface area (Å²) in [6, 6.07) is 0.321. The maximum Gasteiger partial charge on any atom is 0.322 e. The summed E-state index contributed by atoms with van der Waals surface area (Å²) in [5.74, 6) is 2.32. The van der Waals surface area contributed by atoms with Crippen molar-refractivity contribution in [2.75, 3.05) is 43.3 Å². The van der Waals surface area contributed by atoms with Crippen LogP contribution in [0.1, 0.15) is 25.7 Å². The maximum atomic E-state index is 5.02. The number of anilines is 2. The average Bonchev–Trinajstić information content (AvgIpc) is 2.45. The first-order valence-corrected chi connectivity index (χ1v) is 7.90. The van der Waals surface area contributed by atoms with Crippen molar-refractivity contribution >= 4 is 23.7 Å². The lowest BCUT2D eigenvalue weighted by atomic mass is 10.2. The van der Waals surface area contributed by atoms with Gasteiger partial charge in [-0.3, -0.25) is 0 Å². The molecule has 0 aliphatic carbocycles. The van der Waals surface area contributed by atoms with E-state index in [9.17, 15) is 0 Å². The summed E-state index contributed by atoms with van der Waals surface area (Å²) in [4.78, 5) is 12.4. The van der Waals surface area contributed by atoms with Crippen LogP contribution in [0.5, 0.6) is 6.01 Å². The molecule has 0 aromatic carbocycles. The van der Waals surface area contributed by atoms with Gasteiger partial charge in [0.15, 0.2) is 0 Å². The van der Waals surface area contributed by atoms with E-state index in [1.165, 1.54) is 25.0 Å². The normalized spacial score (nSPS) is 10.3. The molecule has 2 N–H and O–H groups in total. The van der Waals surface area contributed by atoms with Gasteiger partial charge in [-0.05, 0) is 24.9 Å². The number of aromatic nitrogens is 3. The first-order valence-electron chi connectivity index (χ1n) is 6.50. The molecule has 0 radical (unpaired) electrons. The number of unbranched alkanes of at least 4 members (excludes halogenated alkanes) is 3. The van der Waals surface area contributed by atoms with E-state index in [1.54, 1.807) is 14.2 Å². The Morgan fingerprint density at radius 3 is 2.47 bits per heavy atom. The number of hydrogen-bond donors (Lipinski definition) is 2. The lowest BCUT2D eigenvalue weighted by molar-refractivity contribution is 0.379. The monoisotopic (exact) mass is 285 g/mol. The standard InChI is InChI=1S/C12H23N5OS/c1-13-10-15-11(17-12(16-10)18-2)14-8-6-4-5-7-9-19-3/h4-9H2,1-3H3,(H2,13,14,15,16,17). The zero-order valence-corrected chi connectivity index (χ0v) is 12.7. The van der Waals surface area contributed by atoms with Crippen LogP contribution in [0.3, 0.4) is 0 Å². The van der Waals surface area contributed by atoms with Crippen LogP contribution in [-0.2, 0) is 0 Å². The highest BCUT2D eigenvalue weighted by atomic mass is 32.2. The zero-order chi connectivity index (χ0) is 13.9. The van der Waals surface area contributed by atoms with Gasteiger partial charge < -0.3 is 15.4 Å². The quantitative estimate of drug-likeness (QED) is 0.639. The lowest BCUT2D eigenvalue weighted by Gasteiger charge is -2.07. The van der Waals surface area contributed by atoms with Crippen molar-refractivity contribution in [2.24, 2.45) is 0 Å². The summed E-state index contributed by atoms with van der Waals surface area (Å²) in [6.45, 7) is 0.871. The first-order chi connectivity index (χ1) is 9.30. The number of ether oxygens (including phenoxy) is 1. The van der Waals surface area contributed by atoms with Gasteiger partial charge in [0.05, 0.1) is 7.11 Å². The minimum Gasteiger partial charge on any atom is -0.467 e. The highest BCUT2D eigenvalue weighted by molar-refractivity contribution is 7.98. The Hall–Kier alpha value is -1.24. The molecule has 1 rings (SSSR count). The van der Waals surface area contributed by atoms with Gasteiger partial charge in [0, 0.05) is 13.6 Å². The van der Waals surface area contributed by atoms with Crippen molar-refractivity contribution in [2.45, 2.75) is 25.7 Å². The van der Waals surface area contributed by atoms with E-state index < -0.39 is 0 Å². The van der Waals surface area contributed by atoms with E-state index in [-0.39, 0.29) is 0 Å². The van der Waals surface area contributed by atoms with E-state index in [4.69, 9.17) is 4.74 Å². The molecular formula is C12H23N5OS. The van der Waals surface area contributed by atoms with Gasteiger partial charge in [-0.15, -0.1) is 0 Å². The third-order valence-corrected chi connectivity index (χ3v) is 3.28. The van der Waals surface area contributed by atoms with E-state index in [2.05, 4.69) is 31.8 Å². The van der Waals surface area contributed by atoms with Crippen LogP contribution < -0.4 is 15.4 Å². The SMILES string of the molecule is CNc1nc(NCCCCCCSC)nc(OC)n1. The fourth-order valence-electron chi connectivity index (χ4n) is 1.56. The molecule has 0 bridgehead atoms. The van der Waals surface area contributed by atoms with Crippen LogP contribution in [0, 0.1) is 0 Å². The molecule has 6 nitrogen and oxygen atoms in total. The summed E-state index contributed by atoms with van der Waals surface area (Å²) < 4.78 is 5.02. The molecule has 0 saturated heterocycles. The molecule has 0 aliphatic heterocycles. The fourth-order valence-corrected chi connectivity index (χ4v) is 2.06. The van der Waals surface area contributed by atoms with Crippen molar-refractivity contribution in [3.63, 3.8) is 0 Å². The van der Waals surface area contributed by atoms with Gasteiger partial charge in [-0.2, -0.15) is 26.7 Å². The number of hydrogen-bond acceptors (Lipinski definition) is 7. The van der Waals surface area contributed by atoms with Gasteiger partial charge in [0.1, 0.15) is 0 Å². The van der Waals surface area contributed by atoms with Crippen LogP contribution in [0.4, 0.5) is 11.9 Å². The van der Waals surface area contributed by atoms with Crippen LogP contribution in [0.25, 0.3) is 0 Å². The average molecular weight is 285 g/mol. The minimum absolute atomic E-state index is 0.321. The van der Waals surface area contributed by atoms with Gasteiger partial charge in [0.25, 0.3) is 0 Å². The van der Waals surface area contributed by atoms with Gasteiger partial charge >= 0.3 is 6.01 Å². The summed E-state index contributed by atoms with van der Waals surface area (Å²) in [5, 5.41) is 6.08. The van der Waals surface area contributed by atoms with Crippen LogP contribution in [-0.4, -0.2) is 47.7 Å². The van der Waals surface area contributed by atoms with E-state index in [1.807, 2.05) is 11.8 Å². The topological polar surface area (TPSA) is 72.0 Å².